The van der Waals surface area contributed by atoms with Crippen molar-refractivity contribution in [3.05, 3.63) is 16.4 Å². The fourth-order valence-electron chi connectivity index (χ4n) is 1.03. The zero-order chi connectivity index (χ0) is 9.84. The topological polar surface area (TPSA) is 69.2 Å². The summed E-state index contributed by atoms with van der Waals surface area (Å²) in [6, 6.07) is 1.36. The first kappa shape index (κ1) is 9.57. The lowest BCUT2D eigenvalue weighted by Crippen LogP contribution is -2.21. The largest absolute Gasteiger partial charge is 0.503 e. The summed E-state index contributed by atoms with van der Waals surface area (Å²) < 4.78 is 0. The minimum absolute atomic E-state index is 0.298. The van der Waals surface area contributed by atoms with E-state index in [0.29, 0.717) is 5.82 Å². The quantitative estimate of drug-likeness (QED) is 0.708. The van der Waals surface area contributed by atoms with Crippen LogP contribution in [-0.4, -0.2) is 28.9 Å². The van der Waals surface area contributed by atoms with E-state index in [9.17, 15) is 4.79 Å². The Bertz CT molecular complexity index is 334. The van der Waals surface area contributed by atoms with Crippen molar-refractivity contribution in [1.29, 1.82) is 0 Å². The first-order valence-electron chi connectivity index (χ1n) is 4.15. The van der Waals surface area contributed by atoms with Crippen molar-refractivity contribution < 1.29 is 5.11 Å². The Kier molecular flexibility index (Phi) is 2.89. The van der Waals surface area contributed by atoms with E-state index >= 15 is 0 Å². The maximum Gasteiger partial charge on any atom is 0.306 e. The molecular formula is C8H13N3O2. The van der Waals surface area contributed by atoms with Crippen molar-refractivity contribution in [3.63, 3.8) is 0 Å². The first-order valence-corrected chi connectivity index (χ1v) is 4.15. The van der Waals surface area contributed by atoms with Gasteiger partial charge in [-0.1, -0.05) is 6.92 Å². The predicted molar refractivity (Wildman–Crippen MR) is 50.1 cm³/mol. The second-order valence-corrected chi connectivity index (χ2v) is 2.86. The van der Waals surface area contributed by atoms with Crippen LogP contribution < -0.4 is 10.5 Å². The fourth-order valence-corrected chi connectivity index (χ4v) is 1.03. The number of aromatic nitrogens is 2. The second-order valence-electron chi connectivity index (χ2n) is 2.86. The molecule has 0 aliphatic rings. The zero-order valence-electron chi connectivity index (χ0n) is 7.74. The number of aromatic amines is 1. The first-order chi connectivity index (χ1) is 6.15. The summed E-state index contributed by atoms with van der Waals surface area (Å²) >= 11 is 0. The van der Waals surface area contributed by atoms with Gasteiger partial charge in [0, 0.05) is 19.7 Å². The van der Waals surface area contributed by atoms with E-state index in [1.54, 1.807) is 0 Å². The minimum atomic E-state index is -0.561. The molecule has 0 aromatic carbocycles. The van der Waals surface area contributed by atoms with Crippen molar-refractivity contribution in [2.75, 3.05) is 18.5 Å². The summed E-state index contributed by atoms with van der Waals surface area (Å²) in [7, 11) is 1.85. The van der Waals surface area contributed by atoms with Crippen LogP contribution in [0.1, 0.15) is 13.3 Å². The highest BCUT2D eigenvalue weighted by atomic mass is 16.3. The van der Waals surface area contributed by atoms with Gasteiger partial charge in [-0.2, -0.15) is 5.10 Å². The van der Waals surface area contributed by atoms with Crippen LogP contribution in [0, 0.1) is 0 Å². The maximum atomic E-state index is 10.8. The van der Waals surface area contributed by atoms with E-state index in [-0.39, 0.29) is 5.75 Å². The molecule has 0 saturated carbocycles. The standard InChI is InChI=1S/C8H13N3O2/c1-3-4-11(2)7-5-6(12)8(13)10-9-7/h5H,3-4H2,1-2H3,(H,9,12)(H,10,13). The molecular weight excluding hydrogens is 170 g/mol. The Morgan fingerprint density at radius 3 is 2.92 bits per heavy atom. The lowest BCUT2D eigenvalue weighted by molar-refractivity contribution is 0.464. The van der Waals surface area contributed by atoms with Crippen LogP contribution in [0.25, 0.3) is 0 Å². The molecule has 0 amide bonds. The average molecular weight is 183 g/mol. The predicted octanol–water partition coefficient (Wildman–Crippen LogP) is 0.322. The summed E-state index contributed by atoms with van der Waals surface area (Å²) in [6.07, 6.45) is 0.984. The molecule has 0 atom stereocenters. The van der Waals surface area contributed by atoms with Gasteiger partial charge in [-0.25, -0.2) is 5.10 Å². The Labute approximate surface area is 76.0 Å². The van der Waals surface area contributed by atoms with E-state index in [0.717, 1.165) is 13.0 Å². The number of H-pyrrole nitrogens is 1. The summed E-state index contributed by atoms with van der Waals surface area (Å²) in [4.78, 5) is 12.6. The maximum absolute atomic E-state index is 10.8. The van der Waals surface area contributed by atoms with Crippen molar-refractivity contribution in [3.8, 4) is 5.75 Å². The summed E-state index contributed by atoms with van der Waals surface area (Å²) in [6.45, 7) is 2.88. The van der Waals surface area contributed by atoms with E-state index in [2.05, 4.69) is 10.2 Å². The average Bonchev–Trinajstić information content (AvgIpc) is 2.10. The lowest BCUT2D eigenvalue weighted by atomic mass is 10.4. The van der Waals surface area contributed by atoms with Crippen molar-refractivity contribution >= 4 is 5.82 Å². The molecule has 1 aromatic rings. The summed E-state index contributed by atoms with van der Waals surface area (Å²) in [5.74, 6) is 0.270. The fraction of sp³-hybridized carbons (Fsp3) is 0.500. The van der Waals surface area contributed by atoms with Crippen molar-refractivity contribution in [2.24, 2.45) is 0 Å². The smallest absolute Gasteiger partial charge is 0.306 e. The molecule has 5 heteroatoms. The summed E-state index contributed by atoms with van der Waals surface area (Å²) in [5.41, 5.74) is -0.561. The van der Waals surface area contributed by atoms with Gasteiger partial charge in [0.05, 0.1) is 0 Å². The number of anilines is 1. The molecule has 0 spiro atoms. The number of hydrogen-bond acceptors (Lipinski definition) is 4. The summed E-state index contributed by atoms with van der Waals surface area (Å²) in [5, 5.41) is 15.1. The molecule has 0 saturated heterocycles. The molecule has 0 radical (unpaired) electrons. The third kappa shape index (κ3) is 2.21. The van der Waals surface area contributed by atoms with Crippen LogP contribution in [-0.2, 0) is 0 Å². The molecule has 1 heterocycles. The van der Waals surface area contributed by atoms with E-state index in [1.165, 1.54) is 6.07 Å². The van der Waals surface area contributed by atoms with Crippen molar-refractivity contribution in [1.82, 2.24) is 10.2 Å². The molecule has 0 aliphatic heterocycles. The van der Waals surface area contributed by atoms with Gasteiger partial charge in [0.2, 0.25) is 0 Å². The Morgan fingerprint density at radius 1 is 1.69 bits per heavy atom. The number of nitrogens with zero attached hydrogens (tertiary/aromatic N) is 2. The molecule has 0 aliphatic carbocycles. The Balaban J connectivity index is 2.90. The number of hydrogen-bond donors (Lipinski definition) is 2. The van der Waals surface area contributed by atoms with Gasteiger partial charge in [-0.3, -0.25) is 4.79 Å². The molecule has 13 heavy (non-hydrogen) atoms. The normalized spacial score (nSPS) is 10.0. The van der Waals surface area contributed by atoms with Gasteiger partial charge >= 0.3 is 5.56 Å². The van der Waals surface area contributed by atoms with Gasteiger partial charge < -0.3 is 10.0 Å². The molecule has 72 valence electrons. The van der Waals surface area contributed by atoms with E-state index in [1.807, 2.05) is 18.9 Å². The number of rotatable bonds is 3. The van der Waals surface area contributed by atoms with Crippen LogP contribution in [0.15, 0.2) is 10.9 Å². The highest BCUT2D eigenvalue weighted by Gasteiger charge is 2.04. The SMILES string of the molecule is CCCN(C)c1cc(O)c(=O)[nH]n1. The molecule has 1 rings (SSSR count). The number of aromatic hydroxyl groups is 1. The Hall–Kier alpha value is -1.52. The monoisotopic (exact) mass is 183 g/mol. The highest BCUT2D eigenvalue weighted by molar-refractivity contribution is 5.40. The molecule has 1 aromatic heterocycles. The highest BCUT2D eigenvalue weighted by Crippen LogP contribution is 2.10. The van der Waals surface area contributed by atoms with Gasteiger partial charge in [-0.15, -0.1) is 0 Å². The third-order valence-electron chi connectivity index (χ3n) is 1.72. The van der Waals surface area contributed by atoms with Crippen LogP contribution in [0.2, 0.25) is 0 Å². The third-order valence-corrected chi connectivity index (χ3v) is 1.72. The second kappa shape index (κ2) is 3.93. The molecule has 2 N–H and O–H groups in total. The molecule has 0 fully saturated rings. The Morgan fingerprint density at radius 2 is 2.38 bits per heavy atom. The van der Waals surface area contributed by atoms with Gasteiger partial charge in [-0.05, 0) is 6.42 Å². The minimum Gasteiger partial charge on any atom is -0.503 e. The van der Waals surface area contributed by atoms with Gasteiger partial charge in [0.15, 0.2) is 11.6 Å². The van der Waals surface area contributed by atoms with E-state index < -0.39 is 5.56 Å². The molecule has 5 nitrogen and oxygen atoms in total. The zero-order valence-corrected chi connectivity index (χ0v) is 7.74. The van der Waals surface area contributed by atoms with Gasteiger partial charge in [0.25, 0.3) is 0 Å². The lowest BCUT2D eigenvalue weighted by Gasteiger charge is -2.15. The number of nitrogens with one attached hydrogen (secondary N) is 1. The van der Waals surface area contributed by atoms with Crippen LogP contribution in [0.5, 0.6) is 5.75 Å². The van der Waals surface area contributed by atoms with Crippen LogP contribution >= 0.6 is 0 Å². The van der Waals surface area contributed by atoms with Crippen molar-refractivity contribution in [2.45, 2.75) is 13.3 Å². The molecule has 0 bridgehead atoms. The van der Waals surface area contributed by atoms with Crippen LogP contribution in [0.4, 0.5) is 5.82 Å². The van der Waals surface area contributed by atoms with Crippen LogP contribution in [0.3, 0.4) is 0 Å². The molecule has 0 unspecified atom stereocenters. The van der Waals surface area contributed by atoms with Gasteiger partial charge in [0.1, 0.15) is 0 Å². The van der Waals surface area contributed by atoms with E-state index in [4.69, 9.17) is 5.11 Å².